The van der Waals surface area contributed by atoms with Crippen LogP contribution >= 0.6 is 27.5 Å². The van der Waals surface area contributed by atoms with E-state index in [0.29, 0.717) is 17.1 Å². The predicted molar refractivity (Wildman–Crippen MR) is 71.6 cm³/mol. The zero-order valence-electron chi connectivity index (χ0n) is 9.22. The number of rotatable bonds is 5. The van der Waals surface area contributed by atoms with Crippen molar-refractivity contribution in [1.29, 1.82) is 0 Å². The molecule has 1 rings (SSSR count). The Morgan fingerprint density at radius 2 is 2.19 bits per heavy atom. The largest absolute Gasteiger partial charge is 0.352 e. The van der Waals surface area contributed by atoms with E-state index in [-0.39, 0.29) is 5.91 Å². The number of unbranched alkanes of at least 4 members (excludes halogenated alkanes) is 1. The van der Waals surface area contributed by atoms with Crippen molar-refractivity contribution in [2.24, 2.45) is 0 Å². The summed E-state index contributed by atoms with van der Waals surface area (Å²) in [5.41, 5.74) is 1.61. The summed E-state index contributed by atoms with van der Waals surface area (Å²) < 4.78 is 0. The van der Waals surface area contributed by atoms with E-state index in [0.717, 1.165) is 23.7 Å². The van der Waals surface area contributed by atoms with Gasteiger partial charge in [0.1, 0.15) is 0 Å². The van der Waals surface area contributed by atoms with Crippen LogP contribution in [-0.2, 0) is 0 Å². The lowest BCUT2D eigenvalue weighted by molar-refractivity contribution is 0.0952. The normalized spacial score (nSPS) is 10.2. The summed E-state index contributed by atoms with van der Waals surface area (Å²) in [6.07, 6.45) is 2.05. The smallest absolute Gasteiger partial charge is 0.251 e. The summed E-state index contributed by atoms with van der Waals surface area (Å²) in [4.78, 5) is 11.8. The Bertz CT molecular complexity index is 368. The minimum Gasteiger partial charge on any atom is -0.352 e. The Morgan fingerprint density at radius 1 is 1.44 bits per heavy atom. The highest BCUT2D eigenvalue weighted by molar-refractivity contribution is 9.09. The molecule has 0 bridgehead atoms. The highest BCUT2D eigenvalue weighted by Gasteiger charge is 2.08. The van der Waals surface area contributed by atoms with Crippen LogP contribution in [0.2, 0.25) is 5.02 Å². The number of nitrogens with one attached hydrogen (secondary N) is 1. The molecule has 0 heterocycles. The molecule has 0 saturated heterocycles. The average molecular weight is 305 g/mol. The van der Waals surface area contributed by atoms with Gasteiger partial charge in [-0.3, -0.25) is 4.79 Å². The van der Waals surface area contributed by atoms with Crippen LogP contribution in [0.3, 0.4) is 0 Å². The SMILES string of the molecule is Cc1ccc(Cl)cc1C(=O)NCCCCBr. The number of halogens is 2. The molecule has 1 N–H and O–H groups in total. The number of hydrogen-bond donors (Lipinski definition) is 1. The highest BCUT2D eigenvalue weighted by Crippen LogP contribution is 2.15. The Kier molecular flexibility index (Phi) is 5.85. The molecule has 0 spiro atoms. The molecule has 4 heteroatoms. The fourth-order valence-corrected chi connectivity index (χ4v) is 1.92. The summed E-state index contributed by atoms with van der Waals surface area (Å²) in [5.74, 6) is -0.0467. The number of amides is 1. The zero-order valence-corrected chi connectivity index (χ0v) is 11.6. The standard InChI is InChI=1S/C12H15BrClNO/c1-9-4-5-10(14)8-11(9)12(16)15-7-3-2-6-13/h4-5,8H,2-3,6-7H2,1H3,(H,15,16). The summed E-state index contributed by atoms with van der Waals surface area (Å²) in [7, 11) is 0. The van der Waals surface area contributed by atoms with Gasteiger partial charge in [0, 0.05) is 22.5 Å². The molecule has 0 unspecified atom stereocenters. The van der Waals surface area contributed by atoms with Crippen molar-refractivity contribution in [3.63, 3.8) is 0 Å². The molecule has 0 saturated carbocycles. The molecule has 1 aromatic rings. The van der Waals surface area contributed by atoms with Crippen LogP contribution < -0.4 is 5.32 Å². The minimum atomic E-state index is -0.0467. The van der Waals surface area contributed by atoms with Gasteiger partial charge in [-0.05, 0) is 37.5 Å². The van der Waals surface area contributed by atoms with E-state index in [1.165, 1.54) is 0 Å². The molecule has 1 amide bonds. The van der Waals surface area contributed by atoms with Crippen LogP contribution in [0.25, 0.3) is 0 Å². The number of alkyl halides is 1. The first-order chi connectivity index (χ1) is 7.65. The summed E-state index contributed by atoms with van der Waals surface area (Å²) in [6, 6.07) is 5.35. The van der Waals surface area contributed by atoms with Crippen molar-refractivity contribution >= 4 is 33.4 Å². The number of carbonyl (C=O) groups excluding carboxylic acids is 1. The van der Waals surface area contributed by atoms with E-state index >= 15 is 0 Å². The molecule has 2 nitrogen and oxygen atoms in total. The number of carbonyl (C=O) groups is 1. The van der Waals surface area contributed by atoms with Crippen molar-refractivity contribution in [2.45, 2.75) is 19.8 Å². The van der Waals surface area contributed by atoms with E-state index in [1.54, 1.807) is 12.1 Å². The van der Waals surface area contributed by atoms with Crippen molar-refractivity contribution in [2.75, 3.05) is 11.9 Å². The van der Waals surface area contributed by atoms with Crippen molar-refractivity contribution in [3.8, 4) is 0 Å². The van der Waals surface area contributed by atoms with E-state index < -0.39 is 0 Å². The zero-order chi connectivity index (χ0) is 12.0. The average Bonchev–Trinajstić information content (AvgIpc) is 2.27. The maximum absolute atomic E-state index is 11.8. The lowest BCUT2D eigenvalue weighted by atomic mass is 10.1. The summed E-state index contributed by atoms with van der Waals surface area (Å²) >= 11 is 9.21. The molecule has 0 aliphatic carbocycles. The van der Waals surface area contributed by atoms with Crippen molar-refractivity contribution in [1.82, 2.24) is 5.32 Å². The number of hydrogen-bond acceptors (Lipinski definition) is 1. The molecule has 0 aliphatic heterocycles. The highest BCUT2D eigenvalue weighted by atomic mass is 79.9. The van der Waals surface area contributed by atoms with Crippen molar-refractivity contribution in [3.05, 3.63) is 34.3 Å². The van der Waals surface area contributed by atoms with Gasteiger partial charge in [-0.15, -0.1) is 0 Å². The third-order valence-electron chi connectivity index (χ3n) is 2.29. The first-order valence-corrected chi connectivity index (χ1v) is 6.75. The molecule has 1 aromatic carbocycles. The fourth-order valence-electron chi connectivity index (χ4n) is 1.36. The van der Waals surface area contributed by atoms with Crippen LogP contribution in [0.5, 0.6) is 0 Å². The summed E-state index contributed by atoms with van der Waals surface area (Å²) in [5, 5.41) is 4.45. The fraction of sp³-hybridized carbons (Fsp3) is 0.417. The second-order valence-corrected chi connectivity index (χ2v) is 4.84. The number of aryl methyl sites for hydroxylation is 1. The Hall–Kier alpha value is -0.540. The second-order valence-electron chi connectivity index (χ2n) is 3.61. The van der Waals surface area contributed by atoms with Crippen LogP contribution in [0.4, 0.5) is 0 Å². The second kappa shape index (κ2) is 6.92. The van der Waals surface area contributed by atoms with E-state index in [2.05, 4.69) is 21.2 Å². The third-order valence-corrected chi connectivity index (χ3v) is 3.09. The van der Waals surface area contributed by atoms with Gasteiger partial charge in [0.15, 0.2) is 0 Å². The number of benzene rings is 1. The van der Waals surface area contributed by atoms with Gasteiger partial charge in [0.2, 0.25) is 0 Å². The molecular weight excluding hydrogens is 289 g/mol. The Balaban J connectivity index is 2.55. The van der Waals surface area contributed by atoms with Gasteiger partial charge in [0.05, 0.1) is 0 Å². The van der Waals surface area contributed by atoms with Crippen LogP contribution in [-0.4, -0.2) is 17.8 Å². The van der Waals surface area contributed by atoms with E-state index in [1.807, 2.05) is 13.0 Å². The molecule has 16 heavy (non-hydrogen) atoms. The van der Waals surface area contributed by atoms with Gasteiger partial charge in [-0.2, -0.15) is 0 Å². The lowest BCUT2D eigenvalue weighted by Gasteiger charge is -2.07. The first kappa shape index (κ1) is 13.5. The third kappa shape index (κ3) is 4.14. The Morgan fingerprint density at radius 3 is 2.88 bits per heavy atom. The predicted octanol–water partition coefficient (Wildman–Crippen LogP) is 3.55. The van der Waals surface area contributed by atoms with Gasteiger partial charge in [-0.25, -0.2) is 0 Å². The molecule has 0 aliphatic rings. The molecule has 0 radical (unpaired) electrons. The molecule has 88 valence electrons. The molecule has 0 fully saturated rings. The Labute approximate surface area is 110 Å². The lowest BCUT2D eigenvalue weighted by Crippen LogP contribution is -2.25. The molecular formula is C12H15BrClNO. The first-order valence-electron chi connectivity index (χ1n) is 5.25. The maximum Gasteiger partial charge on any atom is 0.251 e. The van der Waals surface area contributed by atoms with Crippen molar-refractivity contribution < 1.29 is 4.79 Å². The maximum atomic E-state index is 11.8. The van der Waals surface area contributed by atoms with E-state index in [9.17, 15) is 4.79 Å². The summed E-state index contributed by atoms with van der Waals surface area (Å²) in [6.45, 7) is 2.61. The van der Waals surface area contributed by atoms with Gasteiger partial charge < -0.3 is 5.32 Å². The van der Waals surface area contributed by atoms with Gasteiger partial charge in [-0.1, -0.05) is 33.6 Å². The molecule has 0 atom stereocenters. The minimum absolute atomic E-state index is 0.0467. The molecule has 0 aromatic heterocycles. The van der Waals surface area contributed by atoms with Crippen LogP contribution in [0.1, 0.15) is 28.8 Å². The van der Waals surface area contributed by atoms with E-state index in [4.69, 9.17) is 11.6 Å². The van der Waals surface area contributed by atoms with Crippen LogP contribution in [0.15, 0.2) is 18.2 Å². The van der Waals surface area contributed by atoms with Gasteiger partial charge >= 0.3 is 0 Å². The van der Waals surface area contributed by atoms with Crippen LogP contribution in [0, 0.1) is 6.92 Å². The quantitative estimate of drug-likeness (QED) is 0.654. The topological polar surface area (TPSA) is 29.1 Å². The monoisotopic (exact) mass is 303 g/mol. The van der Waals surface area contributed by atoms with Gasteiger partial charge in [0.25, 0.3) is 5.91 Å².